The average Bonchev–Trinajstić information content (AvgIpc) is 3.18. The summed E-state index contributed by atoms with van der Waals surface area (Å²) >= 11 is 1.24. The van der Waals surface area contributed by atoms with E-state index >= 15 is 0 Å². The molecule has 112 valence electrons. The minimum Gasteiger partial charge on any atom is -0.372 e. The zero-order valence-corrected chi connectivity index (χ0v) is 13.2. The van der Waals surface area contributed by atoms with Crippen LogP contribution in [0.15, 0.2) is 34.1 Å². The maximum Gasteiger partial charge on any atom is 0.253 e. The van der Waals surface area contributed by atoms with Crippen molar-refractivity contribution in [1.82, 2.24) is 14.3 Å². The first-order valence-corrected chi connectivity index (χ1v) is 9.00. The van der Waals surface area contributed by atoms with Gasteiger partial charge in [-0.15, -0.1) is 11.3 Å². The molecule has 1 N–H and O–H groups in total. The maximum atomic E-state index is 12.7. The molecule has 6 nitrogen and oxygen atoms in total. The SMILES string of the molecule is CNc1cncc([C@@H]2CCCN2S(=O)(=O)c2cccs2)n1. The predicted octanol–water partition coefficient (Wildman–Crippen LogP) is 2.11. The summed E-state index contributed by atoms with van der Waals surface area (Å²) in [6.45, 7) is 0.524. The molecule has 0 bridgehead atoms. The van der Waals surface area contributed by atoms with Gasteiger partial charge in [-0.2, -0.15) is 4.31 Å². The second-order valence-corrected chi connectivity index (χ2v) is 7.85. The fourth-order valence-corrected chi connectivity index (χ4v) is 5.30. The monoisotopic (exact) mass is 324 g/mol. The van der Waals surface area contributed by atoms with Crippen molar-refractivity contribution in [2.45, 2.75) is 23.1 Å². The normalized spacial score (nSPS) is 19.8. The lowest BCUT2D eigenvalue weighted by Gasteiger charge is -2.22. The third kappa shape index (κ3) is 2.66. The zero-order valence-electron chi connectivity index (χ0n) is 11.6. The first-order valence-electron chi connectivity index (χ1n) is 6.68. The van der Waals surface area contributed by atoms with Crippen molar-refractivity contribution in [1.29, 1.82) is 0 Å². The van der Waals surface area contributed by atoms with Crippen LogP contribution in [0.5, 0.6) is 0 Å². The molecule has 0 aromatic carbocycles. The number of thiophene rings is 1. The first kappa shape index (κ1) is 14.4. The van der Waals surface area contributed by atoms with Gasteiger partial charge in [0.2, 0.25) is 0 Å². The summed E-state index contributed by atoms with van der Waals surface area (Å²) in [5.74, 6) is 0.646. The van der Waals surface area contributed by atoms with Crippen LogP contribution in [0.1, 0.15) is 24.6 Å². The van der Waals surface area contributed by atoms with Crippen molar-refractivity contribution in [3.63, 3.8) is 0 Å². The van der Waals surface area contributed by atoms with Gasteiger partial charge in [-0.05, 0) is 24.3 Å². The lowest BCUT2D eigenvalue weighted by molar-refractivity contribution is 0.391. The molecule has 8 heteroatoms. The van der Waals surface area contributed by atoms with Crippen LogP contribution < -0.4 is 5.32 Å². The number of anilines is 1. The molecule has 1 saturated heterocycles. The number of hydrogen-bond acceptors (Lipinski definition) is 6. The van der Waals surface area contributed by atoms with E-state index in [2.05, 4.69) is 15.3 Å². The Morgan fingerprint density at radius 2 is 2.29 bits per heavy atom. The van der Waals surface area contributed by atoms with Crippen LogP contribution in [0, 0.1) is 0 Å². The molecule has 3 heterocycles. The summed E-state index contributed by atoms with van der Waals surface area (Å²) in [4.78, 5) is 8.58. The molecule has 2 aromatic rings. The van der Waals surface area contributed by atoms with Gasteiger partial charge < -0.3 is 5.32 Å². The summed E-state index contributed by atoms with van der Waals surface area (Å²) in [5, 5.41) is 4.71. The topological polar surface area (TPSA) is 75.2 Å². The summed E-state index contributed by atoms with van der Waals surface area (Å²) < 4.78 is 27.3. The standard InChI is InChI=1S/C13H16N4O2S2/c1-14-12-9-15-8-10(16-12)11-4-2-6-17(11)21(18,19)13-5-3-7-20-13/h3,5,7-9,11H,2,4,6H2,1H3,(H,14,16)/t11-/m0/s1. The number of rotatable bonds is 4. The number of sulfonamides is 1. The molecule has 0 radical (unpaired) electrons. The fraction of sp³-hybridized carbons (Fsp3) is 0.385. The Morgan fingerprint density at radius 3 is 3.00 bits per heavy atom. The Labute approximate surface area is 127 Å². The summed E-state index contributed by atoms with van der Waals surface area (Å²) in [7, 11) is -1.68. The number of hydrogen-bond donors (Lipinski definition) is 1. The van der Waals surface area contributed by atoms with Crippen LogP contribution in [0.25, 0.3) is 0 Å². The third-order valence-electron chi connectivity index (χ3n) is 3.51. The van der Waals surface area contributed by atoms with Crippen molar-refractivity contribution in [3.05, 3.63) is 35.6 Å². The second-order valence-electron chi connectivity index (χ2n) is 4.79. The predicted molar refractivity (Wildman–Crippen MR) is 81.8 cm³/mol. The number of aromatic nitrogens is 2. The number of nitrogens with one attached hydrogen (secondary N) is 1. The van der Waals surface area contributed by atoms with Gasteiger partial charge in [0.25, 0.3) is 10.0 Å². The van der Waals surface area contributed by atoms with Gasteiger partial charge in [-0.1, -0.05) is 6.07 Å². The largest absolute Gasteiger partial charge is 0.372 e. The minimum atomic E-state index is -3.45. The molecule has 1 aliphatic rings. The second kappa shape index (κ2) is 5.70. The van der Waals surface area contributed by atoms with Crippen LogP contribution in [0.2, 0.25) is 0 Å². The summed E-state index contributed by atoms with van der Waals surface area (Å²) in [6.07, 6.45) is 4.87. The van der Waals surface area contributed by atoms with E-state index in [1.54, 1.807) is 41.3 Å². The lowest BCUT2D eigenvalue weighted by Crippen LogP contribution is -2.30. The molecule has 0 unspecified atom stereocenters. The van der Waals surface area contributed by atoms with Crippen molar-refractivity contribution >= 4 is 27.2 Å². The van der Waals surface area contributed by atoms with E-state index < -0.39 is 10.0 Å². The summed E-state index contributed by atoms with van der Waals surface area (Å²) in [6, 6.07) is 3.16. The molecule has 0 amide bonds. The van der Waals surface area contributed by atoms with Gasteiger partial charge in [0.15, 0.2) is 0 Å². The van der Waals surface area contributed by atoms with Gasteiger partial charge in [-0.3, -0.25) is 4.98 Å². The Morgan fingerprint density at radius 1 is 1.43 bits per heavy atom. The van der Waals surface area contributed by atoms with Crippen molar-refractivity contribution in [3.8, 4) is 0 Å². The molecule has 0 saturated carbocycles. The molecule has 21 heavy (non-hydrogen) atoms. The third-order valence-corrected chi connectivity index (χ3v) is 6.79. The highest BCUT2D eigenvalue weighted by Gasteiger charge is 2.37. The van der Waals surface area contributed by atoms with Gasteiger partial charge in [-0.25, -0.2) is 13.4 Å². The smallest absolute Gasteiger partial charge is 0.253 e. The van der Waals surface area contributed by atoms with E-state index in [1.807, 2.05) is 0 Å². The van der Waals surface area contributed by atoms with Crippen LogP contribution in [-0.2, 0) is 10.0 Å². The molecule has 3 rings (SSSR count). The Balaban J connectivity index is 1.96. The van der Waals surface area contributed by atoms with Crippen LogP contribution in [0.4, 0.5) is 5.82 Å². The minimum absolute atomic E-state index is 0.238. The Bertz CT molecular complexity index is 716. The van der Waals surface area contributed by atoms with Crippen molar-refractivity contribution in [2.24, 2.45) is 0 Å². The first-order chi connectivity index (χ1) is 10.1. The van der Waals surface area contributed by atoms with Crippen molar-refractivity contribution in [2.75, 3.05) is 18.9 Å². The Hall–Kier alpha value is -1.51. The maximum absolute atomic E-state index is 12.7. The Kier molecular flexibility index (Phi) is 3.92. The van der Waals surface area contributed by atoms with E-state index in [4.69, 9.17) is 0 Å². The molecule has 0 spiro atoms. The molecule has 0 aliphatic carbocycles. The van der Waals surface area contributed by atoms with Crippen molar-refractivity contribution < 1.29 is 8.42 Å². The quantitative estimate of drug-likeness (QED) is 0.932. The van der Waals surface area contributed by atoms with E-state index in [0.29, 0.717) is 22.3 Å². The van der Waals surface area contributed by atoms with E-state index in [-0.39, 0.29) is 6.04 Å². The van der Waals surface area contributed by atoms with Gasteiger partial charge >= 0.3 is 0 Å². The zero-order chi connectivity index (χ0) is 14.9. The molecule has 2 aromatic heterocycles. The summed E-state index contributed by atoms with van der Waals surface area (Å²) in [5.41, 5.74) is 0.694. The van der Waals surface area contributed by atoms with Gasteiger partial charge in [0.05, 0.1) is 24.1 Å². The van der Waals surface area contributed by atoms with Gasteiger partial charge in [0.1, 0.15) is 10.0 Å². The van der Waals surface area contributed by atoms with Crippen LogP contribution in [0.3, 0.4) is 0 Å². The molecular weight excluding hydrogens is 308 g/mol. The van der Waals surface area contributed by atoms with E-state index in [9.17, 15) is 8.42 Å². The molecule has 1 aliphatic heterocycles. The van der Waals surface area contributed by atoms with E-state index in [1.165, 1.54) is 11.3 Å². The highest BCUT2D eigenvalue weighted by Crippen LogP contribution is 2.36. The lowest BCUT2D eigenvalue weighted by atomic mass is 10.2. The number of nitrogens with zero attached hydrogens (tertiary/aromatic N) is 3. The highest BCUT2D eigenvalue weighted by atomic mass is 32.2. The average molecular weight is 324 g/mol. The molecular formula is C13H16N4O2S2. The van der Waals surface area contributed by atoms with Crippen LogP contribution in [-0.4, -0.2) is 36.3 Å². The highest BCUT2D eigenvalue weighted by molar-refractivity contribution is 7.91. The van der Waals surface area contributed by atoms with E-state index in [0.717, 1.165) is 12.8 Å². The van der Waals surface area contributed by atoms with Gasteiger partial charge in [0, 0.05) is 13.6 Å². The molecule has 1 atom stereocenters. The van der Waals surface area contributed by atoms with Crippen LogP contribution >= 0.6 is 11.3 Å². The molecule has 1 fully saturated rings. The fourth-order valence-electron chi connectivity index (χ4n) is 2.51.